The van der Waals surface area contributed by atoms with Crippen molar-refractivity contribution in [3.8, 4) is 0 Å². The number of rotatable bonds is 4. The molecule has 0 saturated heterocycles. The van der Waals surface area contributed by atoms with E-state index in [1.54, 1.807) is 10.9 Å². The second-order valence-electron chi connectivity index (χ2n) is 5.91. The number of hydrogen-bond donors (Lipinski definition) is 1. The second kappa shape index (κ2) is 4.98. The average molecular weight is 348 g/mol. The number of hydrogen-bond acceptors (Lipinski definition) is 3. The van der Waals surface area contributed by atoms with Crippen LogP contribution in [0.25, 0.3) is 0 Å². The average Bonchev–Trinajstić information content (AvgIpc) is 3.16. The van der Waals surface area contributed by atoms with E-state index in [0.29, 0.717) is 5.69 Å². The van der Waals surface area contributed by atoms with E-state index in [1.165, 1.54) is 0 Å². The van der Waals surface area contributed by atoms with Crippen LogP contribution in [0.2, 0.25) is 0 Å². The molecule has 0 amide bonds. The summed E-state index contributed by atoms with van der Waals surface area (Å²) in [6.45, 7) is 4.05. The van der Waals surface area contributed by atoms with Crippen LogP contribution in [0.15, 0.2) is 34.9 Å². The lowest BCUT2D eigenvalue weighted by Crippen LogP contribution is -2.25. The van der Waals surface area contributed by atoms with Gasteiger partial charge >= 0.3 is 0 Å². The van der Waals surface area contributed by atoms with Crippen LogP contribution in [-0.4, -0.2) is 15.6 Å². The molecule has 0 atom stereocenters. The van der Waals surface area contributed by atoms with E-state index in [4.69, 9.17) is 5.73 Å². The minimum atomic E-state index is -0.400. The molecule has 110 valence electrons. The van der Waals surface area contributed by atoms with Crippen molar-refractivity contribution in [1.29, 1.82) is 0 Å². The normalized spacial score (nSPS) is 16.2. The molecule has 0 spiro atoms. The summed E-state index contributed by atoms with van der Waals surface area (Å²) >= 11 is 3.47. The van der Waals surface area contributed by atoms with Gasteiger partial charge in [0, 0.05) is 11.7 Å². The van der Waals surface area contributed by atoms with Crippen molar-refractivity contribution in [1.82, 2.24) is 9.78 Å². The van der Waals surface area contributed by atoms with Crippen molar-refractivity contribution in [2.24, 2.45) is 0 Å². The van der Waals surface area contributed by atoms with Gasteiger partial charge in [-0.1, -0.05) is 12.1 Å². The monoisotopic (exact) mass is 347 g/mol. The van der Waals surface area contributed by atoms with Gasteiger partial charge in [-0.2, -0.15) is 5.10 Å². The van der Waals surface area contributed by atoms with Crippen molar-refractivity contribution in [2.45, 2.75) is 38.1 Å². The Morgan fingerprint density at radius 2 is 1.95 bits per heavy atom. The van der Waals surface area contributed by atoms with E-state index in [1.807, 2.05) is 38.1 Å². The van der Waals surface area contributed by atoms with Gasteiger partial charge in [0.05, 0.1) is 16.1 Å². The Labute approximate surface area is 132 Å². The minimum absolute atomic E-state index is 0.144. The van der Waals surface area contributed by atoms with E-state index in [0.717, 1.165) is 28.6 Å². The molecular weight excluding hydrogens is 330 g/mol. The molecule has 0 aliphatic heterocycles. The van der Waals surface area contributed by atoms with Crippen LogP contribution in [0.3, 0.4) is 0 Å². The zero-order chi connectivity index (χ0) is 15.2. The van der Waals surface area contributed by atoms with Gasteiger partial charge in [0.2, 0.25) is 0 Å². The second-order valence-corrected chi connectivity index (χ2v) is 6.77. The van der Waals surface area contributed by atoms with Crippen molar-refractivity contribution < 1.29 is 4.79 Å². The van der Waals surface area contributed by atoms with E-state index >= 15 is 0 Å². The lowest BCUT2D eigenvalue weighted by atomic mass is 9.89. The van der Waals surface area contributed by atoms with Crippen LogP contribution in [0.1, 0.15) is 48.8 Å². The highest BCUT2D eigenvalue weighted by Gasteiger charge is 2.52. The van der Waals surface area contributed by atoms with Gasteiger partial charge in [-0.25, -0.2) is 0 Å². The summed E-state index contributed by atoms with van der Waals surface area (Å²) in [7, 11) is 0. The third-order valence-electron chi connectivity index (χ3n) is 4.10. The Bertz CT molecular complexity index is 684. The fourth-order valence-corrected chi connectivity index (χ4v) is 3.20. The first-order valence-corrected chi connectivity index (χ1v) is 7.89. The summed E-state index contributed by atoms with van der Waals surface area (Å²) in [6.07, 6.45) is 3.46. The minimum Gasteiger partial charge on any atom is -0.399 e. The molecule has 0 bridgehead atoms. The van der Waals surface area contributed by atoms with Crippen molar-refractivity contribution in [2.75, 3.05) is 5.73 Å². The number of benzene rings is 1. The highest BCUT2D eigenvalue weighted by Crippen LogP contribution is 2.51. The Kier molecular flexibility index (Phi) is 3.40. The fraction of sp³-hybridized carbons (Fsp3) is 0.375. The molecule has 1 saturated carbocycles. The molecule has 1 aromatic heterocycles. The molecule has 2 N–H and O–H groups in total. The van der Waals surface area contributed by atoms with Crippen LogP contribution in [0, 0.1) is 0 Å². The van der Waals surface area contributed by atoms with E-state index in [9.17, 15) is 4.79 Å². The molecule has 1 aromatic carbocycles. The maximum atomic E-state index is 13.1. The van der Waals surface area contributed by atoms with Crippen LogP contribution in [0.5, 0.6) is 0 Å². The van der Waals surface area contributed by atoms with Crippen LogP contribution in [0.4, 0.5) is 5.69 Å². The van der Waals surface area contributed by atoms with Crippen molar-refractivity contribution in [3.05, 3.63) is 46.2 Å². The number of anilines is 1. The number of nitrogen functional groups attached to an aromatic ring is 1. The summed E-state index contributed by atoms with van der Waals surface area (Å²) in [5.41, 5.74) is 7.77. The lowest BCUT2D eigenvalue weighted by Gasteiger charge is -2.18. The number of nitrogens with zero attached hydrogens (tertiary/aromatic N) is 2. The SMILES string of the molecule is CC(C)n1ncc(Br)c1C(=O)C1(c2ccc(N)cc2)CC1. The predicted molar refractivity (Wildman–Crippen MR) is 86.4 cm³/mol. The molecule has 2 aromatic rings. The first kappa shape index (κ1) is 14.3. The van der Waals surface area contributed by atoms with Crippen LogP contribution >= 0.6 is 15.9 Å². The summed E-state index contributed by atoms with van der Waals surface area (Å²) < 4.78 is 2.56. The summed E-state index contributed by atoms with van der Waals surface area (Å²) in [5.74, 6) is 0.144. The third-order valence-corrected chi connectivity index (χ3v) is 4.68. The summed E-state index contributed by atoms with van der Waals surface area (Å²) in [4.78, 5) is 13.1. The number of Topliss-reactive ketones (excluding diaryl/α,β-unsaturated/α-hetero) is 1. The van der Waals surface area contributed by atoms with Gasteiger partial charge in [0.15, 0.2) is 5.78 Å². The van der Waals surface area contributed by atoms with Gasteiger partial charge in [-0.15, -0.1) is 0 Å². The standard InChI is InChI=1S/C16H18BrN3O/c1-10(2)20-14(13(17)9-19-20)15(21)16(7-8-16)11-3-5-12(18)6-4-11/h3-6,9-10H,7-8,18H2,1-2H3. The molecule has 0 unspecified atom stereocenters. The third kappa shape index (κ3) is 2.29. The Morgan fingerprint density at radius 1 is 1.33 bits per heavy atom. The number of nitrogens with two attached hydrogens (primary N) is 1. The van der Waals surface area contributed by atoms with Gasteiger partial charge in [0.1, 0.15) is 5.69 Å². The van der Waals surface area contributed by atoms with Gasteiger partial charge in [0.25, 0.3) is 0 Å². The number of halogens is 1. The smallest absolute Gasteiger partial charge is 0.192 e. The highest BCUT2D eigenvalue weighted by molar-refractivity contribution is 9.10. The largest absolute Gasteiger partial charge is 0.399 e. The molecule has 1 fully saturated rings. The van der Waals surface area contributed by atoms with Gasteiger partial charge in [-0.05, 0) is 60.3 Å². The molecule has 5 heteroatoms. The van der Waals surface area contributed by atoms with Gasteiger partial charge < -0.3 is 5.73 Å². The van der Waals surface area contributed by atoms with Crippen molar-refractivity contribution in [3.63, 3.8) is 0 Å². The quantitative estimate of drug-likeness (QED) is 0.677. The Hall–Kier alpha value is -1.62. The Morgan fingerprint density at radius 3 is 2.48 bits per heavy atom. The molecule has 3 rings (SSSR count). The number of carbonyl (C=O) groups excluding carboxylic acids is 1. The number of ketones is 1. The molecule has 1 aliphatic rings. The zero-order valence-corrected chi connectivity index (χ0v) is 13.7. The lowest BCUT2D eigenvalue weighted by molar-refractivity contribution is 0.0932. The maximum absolute atomic E-state index is 13.1. The number of aromatic nitrogens is 2. The summed E-state index contributed by atoms with van der Waals surface area (Å²) in [6, 6.07) is 7.79. The molecular formula is C16H18BrN3O. The van der Waals surface area contributed by atoms with E-state index < -0.39 is 5.41 Å². The van der Waals surface area contributed by atoms with Crippen molar-refractivity contribution >= 4 is 27.4 Å². The fourth-order valence-electron chi connectivity index (χ4n) is 2.75. The molecule has 1 aliphatic carbocycles. The first-order chi connectivity index (χ1) is 9.95. The van der Waals surface area contributed by atoms with Crippen LogP contribution < -0.4 is 5.73 Å². The zero-order valence-electron chi connectivity index (χ0n) is 12.1. The molecule has 1 heterocycles. The topological polar surface area (TPSA) is 60.9 Å². The number of carbonyl (C=O) groups is 1. The highest BCUT2D eigenvalue weighted by atomic mass is 79.9. The van der Waals surface area contributed by atoms with E-state index in [2.05, 4.69) is 21.0 Å². The maximum Gasteiger partial charge on any atom is 0.192 e. The van der Waals surface area contributed by atoms with E-state index in [-0.39, 0.29) is 11.8 Å². The van der Waals surface area contributed by atoms with Crippen LogP contribution in [-0.2, 0) is 5.41 Å². The van der Waals surface area contributed by atoms with Gasteiger partial charge in [-0.3, -0.25) is 9.48 Å². The Balaban J connectivity index is 2.03. The molecule has 0 radical (unpaired) electrons. The molecule has 4 nitrogen and oxygen atoms in total. The molecule has 21 heavy (non-hydrogen) atoms. The first-order valence-electron chi connectivity index (χ1n) is 7.09. The predicted octanol–water partition coefficient (Wildman–Crippen LogP) is 3.72. The summed E-state index contributed by atoms with van der Waals surface area (Å²) in [5, 5.41) is 4.31.